The number of likely N-dealkylation sites (tertiary alicyclic amines) is 1. The summed E-state index contributed by atoms with van der Waals surface area (Å²) in [4.78, 5) is 38.5. The highest BCUT2D eigenvalue weighted by molar-refractivity contribution is 6.09. The van der Waals surface area contributed by atoms with Crippen molar-refractivity contribution in [2.75, 3.05) is 25.5 Å². The van der Waals surface area contributed by atoms with E-state index in [1.807, 2.05) is 18.2 Å². The molecule has 3 aromatic carbocycles. The van der Waals surface area contributed by atoms with Crippen molar-refractivity contribution < 1.29 is 19.2 Å². The lowest BCUT2D eigenvalue weighted by molar-refractivity contribution is -0.385. The molecule has 0 bridgehead atoms. The number of rotatable bonds is 6. The number of hydrogen-bond acceptors (Lipinski definition) is 5. The summed E-state index contributed by atoms with van der Waals surface area (Å²) in [5.41, 5.74) is 1.72. The van der Waals surface area contributed by atoms with Crippen molar-refractivity contribution in [3.8, 4) is 5.75 Å². The van der Waals surface area contributed by atoms with Crippen LogP contribution in [-0.4, -0.2) is 41.8 Å². The average molecular weight is 445 g/mol. The van der Waals surface area contributed by atoms with Crippen LogP contribution in [0.15, 0.2) is 72.8 Å². The van der Waals surface area contributed by atoms with Gasteiger partial charge in [-0.1, -0.05) is 42.5 Å². The Morgan fingerprint density at radius 1 is 1.06 bits per heavy atom. The summed E-state index contributed by atoms with van der Waals surface area (Å²) in [6.07, 6.45) is 0.875. The quantitative estimate of drug-likeness (QED) is 0.445. The van der Waals surface area contributed by atoms with Gasteiger partial charge in [0, 0.05) is 30.6 Å². The van der Waals surface area contributed by atoms with Gasteiger partial charge in [-0.2, -0.15) is 0 Å². The first-order valence-corrected chi connectivity index (χ1v) is 10.5. The van der Waals surface area contributed by atoms with E-state index < -0.39 is 10.8 Å². The molecule has 8 nitrogen and oxygen atoms in total. The Bertz CT molecular complexity index is 1200. The first kappa shape index (κ1) is 22.0. The van der Waals surface area contributed by atoms with Gasteiger partial charge in [0.1, 0.15) is 0 Å². The molecule has 1 saturated heterocycles. The lowest BCUT2D eigenvalue weighted by atomic mass is 9.99. The molecule has 0 saturated carbocycles. The normalized spacial score (nSPS) is 15.2. The zero-order valence-electron chi connectivity index (χ0n) is 18.1. The zero-order chi connectivity index (χ0) is 23.4. The maximum atomic E-state index is 13.3. The Kier molecular flexibility index (Phi) is 6.35. The van der Waals surface area contributed by atoms with Crippen LogP contribution in [0.25, 0.3) is 0 Å². The van der Waals surface area contributed by atoms with Crippen molar-refractivity contribution in [2.24, 2.45) is 0 Å². The van der Waals surface area contributed by atoms with E-state index in [2.05, 4.69) is 17.4 Å². The summed E-state index contributed by atoms with van der Waals surface area (Å²) in [6.45, 7) is 1.24. The highest BCUT2D eigenvalue weighted by atomic mass is 16.6. The number of amides is 2. The van der Waals surface area contributed by atoms with Gasteiger partial charge in [0.25, 0.3) is 11.8 Å². The number of ether oxygens (including phenoxy) is 1. The van der Waals surface area contributed by atoms with E-state index in [4.69, 9.17) is 4.74 Å². The monoisotopic (exact) mass is 445 g/mol. The number of hydrogen-bond donors (Lipinski definition) is 1. The van der Waals surface area contributed by atoms with E-state index in [9.17, 15) is 19.7 Å². The fourth-order valence-electron chi connectivity index (χ4n) is 4.06. The van der Waals surface area contributed by atoms with E-state index >= 15 is 0 Å². The van der Waals surface area contributed by atoms with Crippen molar-refractivity contribution in [1.82, 2.24) is 4.90 Å². The molecular formula is C25H23N3O5. The molecule has 0 spiro atoms. The Hall–Kier alpha value is -4.20. The van der Waals surface area contributed by atoms with E-state index in [1.165, 1.54) is 24.8 Å². The molecule has 8 heteroatoms. The van der Waals surface area contributed by atoms with Gasteiger partial charge in [0.15, 0.2) is 5.75 Å². The summed E-state index contributed by atoms with van der Waals surface area (Å²) in [6, 6.07) is 20.9. The lowest BCUT2D eigenvalue weighted by Crippen LogP contribution is -2.29. The molecule has 1 heterocycles. The molecule has 1 aliphatic rings. The van der Waals surface area contributed by atoms with Gasteiger partial charge in [-0.25, -0.2) is 0 Å². The number of nitrogens with zero attached hydrogens (tertiary/aromatic N) is 2. The largest absolute Gasteiger partial charge is 0.490 e. The number of nitro benzene ring substituents is 1. The average Bonchev–Trinajstić information content (AvgIpc) is 3.34. The van der Waals surface area contributed by atoms with Crippen LogP contribution in [0.4, 0.5) is 11.4 Å². The summed E-state index contributed by atoms with van der Waals surface area (Å²) in [5, 5.41) is 14.0. The first-order chi connectivity index (χ1) is 16.0. The number of methoxy groups -OCH3 is 1. The fourth-order valence-corrected chi connectivity index (χ4v) is 4.06. The predicted octanol–water partition coefficient (Wildman–Crippen LogP) is 4.49. The van der Waals surface area contributed by atoms with Gasteiger partial charge in [-0.15, -0.1) is 0 Å². The zero-order valence-corrected chi connectivity index (χ0v) is 18.1. The van der Waals surface area contributed by atoms with Crippen molar-refractivity contribution in [3.05, 3.63) is 99.6 Å². The van der Waals surface area contributed by atoms with Crippen LogP contribution in [-0.2, 0) is 0 Å². The fraction of sp³-hybridized carbons (Fsp3) is 0.200. The molecule has 2 amide bonds. The second-order valence-corrected chi connectivity index (χ2v) is 7.79. The van der Waals surface area contributed by atoms with Gasteiger partial charge in [-0.3, -0.25) is 19.7 Å². The Balaban J connectivity index is 1.52. The molecule has 4 rings (SSSR count). The van der Waals surface area contributed by atoms with Crippen LogP contribution in [0, 0.1) is 10.1 Å². The molecular weight excluding hydrogens is 422 g/mol. The third-order valence-corrected chi connectivity index (χ3v) is 5.79. The second-order valence-electron chi connectivity index (χ2n) is 7.79. The number of nitrogens with one attached hydrogen (secondary N) is 1. The Labute approximate surface area is 190 Å². The topological polar surface area (TPSA) is 102 Å². The van der Waals surface area contributed by atoms with E-state index in [1.54, 1.807) is 29.2 Å². The Morgan fingerprint density at radius 3 is 2.52 bits per heavy atom. The standard InChI is InChI=1S/C25H23N3O5/c1-33-23-12-11-18(15-22(23)28(31)32)24(29)26-21-10-6-5-9-20(21)25(30)27-14-13-19(16-27)17-7-3-2-4-8-17/h2-12,15,19H,13-14,16H2,1H3,(H,26,29). The molecule has 0 aliphatic carbocycles. The van der Waals surface area contributed by atoms with Crippen LogP contribution in [0.1, 0.15) is 38.6 Å². The Morgan fingerprint density at radius 2 is 1.79 bits per heavy atom. The maximum Gasteiger partial charge on any atom is 0.311 e. The number of carbonyl (C=O) groups is 2. The molecule has 1 N–H and O–H groups in total. The van der Waals surface area contributed by atoms with Gasteiger partial charge >= 0.3 is 5.69 Å². The van der Waals surface area contributed by atoms with E-state index in [0.717, 1.165) is 12.5 Å². The third kappa shape index (κ3) is 4.69. The maximum absolute atomic E-state index is 13.3. The second kappa shape index (κ2) is 9.52. The molecule has 0 aromatic heterocycles. The van der Waals surface area contributed by atoms with Crippen molar-refractivity contribution in [2.45, 2.75) is 12.3 Å². The number of carbonyl (C=O) groups excluding carboxylic acids is 2. The highest BCUT2D eigenvalue weighted by Gasteiger charge is 2.29. The van der Waals surface area contributed by atoms with Crippen LogP contribution in [0.2, 0.25) is 0 Å². The summed E-state index contributed by atoms with van der Waals surface area (Å²) in [5.74, 6) is -0.375. The number of benzene rings is 3. The van der Waals surface area contributed by atoms with E-state index in [-0.39, 0.29) is 28.8 Å². The lowest BCUT2D eigenvalue weighted by Gasteiger charge is -2.19. The highest BCUT2D eigenvalue weighted by Crippen LogP contribution is 2.30. The summed E-state index contributed by atoms with van der Waals surface area (Å²) >= 11 is 0. The molecule has 168 valence electrons. The molecule has 3 aromatic rings. The molecule has 1 unspecified atom stereocenters. The third-order valence-electron chi connectivity index (χ3n) is 5.79. The molecule has 0 radical (unpaired) electrons. The van der Waals surface area contributed by atoms with Crippen molar-refractivity contribution in [1.29, 1.82) is 0 Å². The van der Waals surface area contributed by atoms with Crippen molar-refractivity contribution in [3.63, 3.8) is 0 Å². The summed E-state index contributed by atoms with van der Waals surface area (Å²) in [7, 11) is 1.32. The van der Waals surface area contributed by atoms with Gasteiger partial charge < -0.3 is 15.0 Å². The predicted molar refractivity (Wildman–Crippen MR) is 124 cm³/mol. The van der Waals surface area contributed by atoms with Crippen molar-refractivity contribution >= 4 is 23.2 Å². The van der Waals surface area contributed by atoms with Crippen LogP contribution >= 0.6 is 0 Å². The van der Waals surface area contributed by atoms with Gasteiger partial charge in [-0.05, 0) is 36.2 Å². The SMILES string of the molecule is COc1ccc(C(=O)Nc2ccccc2C(=O)N2CCC(c3ccccc3)C2)cc1[N+](=O)[O-]. The minimum absolute atomic E-state index is 0.0640. The molecule has 1 fully saturated rings. The number of para-hydroxylation sites is 1. The minimum atomic E-state index is -0.608. The van der Waals surface area contributed by atoms with Crippen LogP contribution in [0.5, 0.6) is 5.75 Å². The first-order valence-electron chi connectivity index (χ1n) is 10.5. The van der Waals surface area contributed by atoms with Crippen LogP contribution in [0.3, 0.4) is 0 Å². The van der Waals surface area contributed by atoms with Gasteiger partial charge in [0.2, 0.25) is 0 Å². The van der Waals surface area contributed by atoms with Crippen LogP contribution < -0.4 is 10.1 Å². The van der Waals surface area contributed by atoms with Gasteiger partial charge in [0.05, 0.1) is 23.3 Å². The molecule has 33 heavy (non-hydrogen) atoms. The smallest absolute Gasteiger partial charge is 0.311 e. The molecule has 1 atom stereocenters. The number of nitro groups is 1. The summed E-state index contributed by atoms with van der Waals surface area (Å²) < 4.78 is 4.98. The molecule has 1 aliphatic heterocycles. The number of anilines is 1. The van der Waals surface area contributed by atoms with E-state index in [0.29, 0.717) is 24.3 Å². The minimum Gasteiger partial charge on any atom is -0.490 e.